The van der Waals surface area contributed by atoms with Crippen molar-refractivity contribution in [2.24, 2.45) is 0 Å². The normalized spacial score (nSPS) is 10.6. The third-order valence-electron chi connectivity index (χ3n) is 1.76. The zero-order valence-corrected chi connectivity index (χ0v) is 10.2. The third kappa shape index (κ3) is 1.78. The number of hydrogen-bond donors (Lipinski definition) is 1. The van der Waals surface area contributed by atoms with E-state index in [2.05, 4.69) is 43.5 Å². The maximum absolute atomic E-state index is 11.5. The summed E-state index contributed by atoms with van der Waals surface area (Å²) < 4.78 is 1.78. The molecule has 13 heavy (non-hydrogen) atoms. The second-order valence-corrected chi connectivity index (χ2v) is 4.75. The van der Waals surface area contributed by atoms with Crippen LogP contribution in [-0.2, 0) is 0 Å². The predicted octanol–water partition coefficient (Wildman–Crippen LogP) is 2.90. The van der Waals surface area contributed by atoms with Crippen LogP contribution in [0.1, 0.15) is 0 Å². The minimum absolute atomic E-state index is 0.0550. The minimum atomic E-state index is 0.0550. The van der Waals surface area contributed by atoms with Gasteiger partial charge in [-0.05, 0) is 40.8 Å². The molecule has 0 fully saturated rings. The Morgan fingerprint density at radius 1 is 1.31 bits per heavy atom. The van der Waals surface area contributed by atoms with Crippen LogP contribution in [-0.4, -0.2) is 4.98 Å². The molecule has 0 aliphatic carbocycles. The van der Waals surface area contributed by atoms with E-state index < -0.39 is 0 Å². The van der Waals surface area contributed by atoms with Gasteiger partial charge in [-0.25, -0.2) is 0 Å². The average Bonchev–Trinajstić information content (AvgIpc) is 2.06. The van der Waals surface area contributed by atoms with Crippen molar-refractivity contribution < 1.29 is 0 Å². The van der Waals surface area contributed by atoms with Crippen LogP contribution < -0.4 is 5.43 Å². The summed E-state index contributed by atoms with van der Waals surface area (Å²) in [5.41, 5.74) is 0.930. The summed E-state index contributed by atoms with van der Waals surface area (Å²) >= 11 is 5.43. The van der Waals surface area contributed by atoms with Crippen LogP contribution in [0.25, 0.3) is 10.9 Å². The summed E-state index contributed by atoms with van der Waals surface area (Å²) in [5, 5.41) is 0.717. The van der Waals surface area contributed by atoms with Gasteiger partial charge in [-0.15, -0.1) is 0 Å². The van der Waals surface area contributed by atoms with Gasteiger partial charge in [0.15, 0.2) is 5.43 Å². The molecule has 0 atom stereocenters. The largest absolute Gasteiger partial charge is 0.350 e. The number of aromatic nitrogens is 1. The molecule has 1 aromatic carbocycles. The molecule has 2 aromatic rings. The standard InChI is InChI=1S/C9H5BrINO/c10-5-1-2-7-6(3-5)8(13)4-9(11)12-7/h1-4H,(H,12,13). The molecule has 1 N–H and O–H groups in total. The van der Waals surface area contributed by atoms with E-state index in [4.69, 9.17) is 0 Å². The minimum Gasteiger partial charge on any atom is -0.350 e. The van der Waals surface area contributed by atoms with Gasteiger partial charge in [0.2, 0.25) is 0 Å². The van der Waals surface area contributed by atoms with E-state index in [0.29, 0.717) is 0 Å². The molecule has 0 aliphatic rings. The first-order valence-corrected chi connectivity index (χ1v) is 5.52. The first-order chi connectivity index (χ1) is 6.16. The van der Waals surface area contributed by atoms with Crippen molar-refractivity contribution in [2.45, 2.75) is 0 Å². The van der Waals surface area contributed by atoms with E-state index in [1.165, 1.54) is 0 Å². The van der Waals surface area contributed by atoms with Crippen molar-refractivity contribution in [1.29, 1.82) is 0 Å². The van der Waals surface area contributed by atoms with Gasteiger partial charge in [0.05, 0.1) is 9.22 Å². The fourth-order valence-corrected chi connectivity index (χ4v) is 2.12. The zero-order chi connectivity index (χ0) is 9.42. The number of pyridine rings is 1. The highest BCUT2D eigenvalue weighted by Gasteiger charge is 2.00. The van der Waals surface area contributed by atoms with Gasteiger partial charge in [0.25, 0.3) is 0 Å². The van der Waals surface area contributed by atoms with Crippen molar-refractivity contribution in [1.82, 2.24) is 4.98 Å². The first kappa shape index (κ1) is 9.21. The smallest absolute Gasteiger partial charge is 0.190 e. The van der Waals surface area contributed by atoms with Crippen molar-refractivity contribution >= 4 is 49.4 Å². The quantitative estimate of drug-likeness (QED) is 0.575. The highest BCUT2D eigenvalue weighted by atomic mass is 127. The molecule has 1 heterocycles. The molecule has 4 heteroatoms. The van der Waals surface area contributed by atoms with Crippen molar-refractivity contribution in [2.75, 3.05) is 0 Å². The van der Waals surface area contributed by atoms with Crippen LogP contribution in [0.3, 0.4) is 0 Å². The number of halogens is 2. The fourth-order valence-electron chi connectivity index (χ4n) is 1.19. The van der Waals surface area contributed by atoms with Gasteiger partial charge in [0.1, 0.15) is 0 Å². The summed E-state index contributed by atoms with van der Waals surface area (Å²) in [7, 11) is 0. The first-order valence-electron chi connectivity index (χ1n) is 3.65. The van der Waals surface area contributed by atoms with E-state index in [1.54, 1.807) is 6.07 Å². The monoisotopic (exact) mass is 349 g/mol. The van der Waals surface area contributed by atoms with Crippen LogP contribution in [0.15, 0.2) is 33.5 Å². The summed E-state index contributed by atoms with van der Waals surface area (Å²) in [6, 6.07) is 7.22. The Kier molecular flexibility index (Phi) is 2.42. The van der Waals surface area contributed by atoms with E-state index >= 15 is 0 Å². The second kappa shape index (κ2) is 3.42. The van der Waals surface area contributed by atoms with Crippen molar-refractivity contribution in [3.05, 3.63) is 42.7 Å². The molecule has 0 saturated carbocycles. The molecule has 2 nitrogen and oxygen atoms in total. The molecule has 0 aliphatic heterocycles. The summed E-state index contributed by atoms with van der Waals surface area (Å²) in [5.74, 6) is 0. The molecule has 0 bridgehead atoms. The molecule has 0 radical (unpaired) electrons. The lowest BCUT2D eigenvalue weighted by Crippen LogP contribution is -2.02. The Hall–Kier alpha value is -0.360. The van der Waals surface area contributed by atoms with E-state index in [0.717, 1.165) is 19.1 Å². The van der Waals surface area contributed by atoms with E-state index in [-0.39, 0.29) is 5.43 Å². The number of benzene rings is 1. The predicted molar refractivity (Wildman–Crippen MR) is 65.0 cm³/mol. The van der Waals surface area contributed by atoms with Crippen LogP contribution in [0.5, 0.6) is 0 Å². The van der Waals surface area contributed by atoms with Gasteiger partial charge in [-0.1, -0.05) is 15.9 Å². The van der Waals surface area contributed by atoms with Crippen molar-refractivity contribution in [3.8, 4) is 0 Å². The maximum Gasteiger partial charge on any atom is 0.190 e. The van der Waals surface area contributed by atoms with Crippen molar-refractivity contribution in [3.63, 3.8) is 0 Å². The molecule has 0 amide bonds. The second-order valence-electron chi connectivity index (χ2n) is 2.67. The highest BCUT2D eigenvalue weighted by molar-refractivity contribution is 14.1. The maximum atomic E-state index is 11.5. The summed E-state index contributed by atoms with van der Waals surface area (Å²) in [4.78, 5) is 14.6. The number of rotatable bonds is 0. The lowest BCUT2D eigenvalue weighted by Gasteiger charge is -1.98. The van der Waals surface area contributed by atoms with Crippen LogP contribution in [0.4, 0.5) is 0 Å². The molecule has 66 valence electrons. The Balaban J connectivity index is 2.95. The Bertz CT molecular complexity index is 520. The molecule has 1 aromatic heterocycles. The Morgan fingerprint density at radius 3 is 2.85 bits per heavy atom. The number of H-pyrrole nitrogens is 1. The summed E-state index contributed by atoms with van der Waals surface area (Å²) in [6.07, 6.45) is 0. The van der Waals surface area contributed by atoms with Gasteiger partial charge >= 0.3 is 0 Å². The third-order valence-corrected chi connectivity index (χ3v) is 2.83. The van der Waals surface area contributed by atoms with Gasteiger partial charge in [-0.2, -0.15) is 0 Å². The number of aromatic amines is 1. The summed E-state index contributed by atoms with van der Waals surface area (Å²) in [6.45, 7) is 0. The number of hydrogen-bond acceptors (Lipinski definition) is 1. The van der Waals surface area contributed by atoms with Crippen LogP contribution in [0.2, 0.25) is 0 Å². The lowest BCUT2D eigenvalue weighted by molar-refractivity contribution is 1.33. The molecular weight excluding hydrogens is 345 g/mol. The van der Waals surface area contributed by atoms with Gasteiger partial charge < -0.3 is 4.98 Å². The lowest BCUT2D eigenvalue weighted by atomic mass is 10.2. The topological polar surface area (TPSA) is 32.9 Å². The molecule has 2 rings (SSSR count). The number of nitrogens with one attached hydrogen (secondary N) is 1. The Labute approximate surface area is 96.6 Å². The highest BCUT2D eigenvalue weighted by Crippen LogP contribution is 2.15. The van der Waals surface area contributed by atoms with Gasteiger partial charge in [-0.3, -0.25) is 4.79 Å². The Morgan fingerprint density at radius 2 is 2.08 bits per heavy atom. The average molecular weight is 350 g/mol. The molecule has 0 saturated heterocycles. The van der Waals surface area contributed by atoms with Crippen LogP contribution >= 0.6 is 38.5 Å². The number of fused-ring (bicyclic) bond motifs is 1. The fraction of sp³-hybridized carbons (Fsp3) is 0. The zero-order valence-electron chi connectivity index (χ0n) is 6.47. The molecule has 0 unspecified atom stereocenters. The van der Waals surface area contributed by atoms with Gasteiger partial charge in [0, 0.05) is 15.9 Å². The molecule has 0 spiro atoms. The molecular formula is C9H5BrINO. The van der Waals surface area contributed by atoms with Crippen LogP contribution in [0, 0.1) is 3.70 Å². The van der Waals surface area contributed by atoms with E-state index in [1.807, 2.05) is 18.2 Å². The van der Waals surface area contributed by atoms with E-state index in [9.17, 15) is 4.79 Å². The SMILES string of the molecule is O=c1cc(I)[nH]c2ccc(Br)cc12.